The molecule has 0 bridgehead atoms. The van der Waals surface area contributed by atoms with Gasteiger partial charge in [0.1, 0.15) is 0 Å². The van der Waals surface area contributed by atoms with Crippen LogP contribution in [0.1, 0.15) is 24.0 Å². The van der Waals surface area contributed by atoms with Crippen molar-refractivity contribution >= 4 is 28.5 Å². The van der Waals surface area contributed by atoms with Gasteiger partial charge in [-0.05, 0) is 54.5 Å². The zero-order valence-corrected chi connectivity index (χ0v) is 17.7. The van der Waals surface area contributed by atoms with E-state index in [0.29, 0.717) is 5.70 Å². The molecule has 2 heterocycles. The van der Waals surface area contributed by atoms with Crippen LogP contribution in [0.25, 0.3) is 16.6 Å². The summed E-state index contributed by atoms with van der Waals surface area (Å²) >= 11 is 2.01. The predicted molar refractivity (Wildman–Crippen MR) is 125 cm³/mol. The second kappa shape index (κ2) is 9.42. The van der Waals surface area contributed by atoms with Gasteiger partial charge in [-0.1, -0.05) is 48.3 Å². The first kappa shape index (κ1) is 19.9. The molecule has 0 amide bonds. The average Bonchev–Trinajstić information content (AvgIpc) is 3.17. The molecular formula is C24H30N4S. The molecule has 4 N–H and O–H groups in total. The minimum Gasteiger partial charge on any atom is -0.403 e. The maximum Gasteiger partial charge on any atom is 0.0545 e. The maximum atomic E-state index is 5.94. The maximum absolute atomic E-state index is 5.94. The normalized spacial score (nSPS) is 16.5. The molecule has 0 radical (unpaired) electrons. The Morgan fingerprint density at radius 3 is 2.62 bits per heavy atom. The standard InChI is InChI=1S/C24H30N4S/c25-17-23(26)21-6-7-24-22(16-21)10-12-27(24)18-20-8-13-28(14-9-20)29-15-11-19-4-2-1-3-5-19/h1-7,10,12,16-17,20H,8-9,11,13-15,18,25-26H2/b23-17-. The van der Waals surface area contributed by atoms with Crippen molar-refractivity contribution in [2.45, 2.75) is 25.8 Å². The van der Waals surface area contributed by atoms with E-state index in [2.05, 4.69) is 69.7 Å². The Bertz CT molecular complexity index is 955. The minimum absolute atomic E-state index is 0.622. The van der Waals surface area contributed by atoms with Gasteiger partial charge in [0, 0.05) is 48.7 Å². The van der Waals surface area contributed by atoms with Gasteiger partial charge in [0.15, 0.2) is 0 Å². The number of aryl methyl sites for hydroxylation is 1. The highest BCUT2D eigenvalue weighted by Crippen LogP contribution is 2.27. The lowest BCUT2D eigenvalue weighted by Crippen LogP contribution is -2.30. The van der Waals surface area contributed by atoms with Crippen molar-refractivity contribution in [1.82, 2.24) is 8.87 Å². The molecule has 3 aromatic rings. The number of fused-ring (bicyclic) bond motifs is 1. The number of piperidine rings is 1. The first-order valence-electron chi connectivity index (χ1n) is 10.4. The van der Waals surface area contributed by atoms with E-state index in [4.69, 9.17) is 11.5 Å². The van der Waals surface area contributed by atoms with E-state index in [1.54, 1.807) is 0 Å². The van der Waals surface area contributed by atoms with Gasteiger partial charge >= 0.3 is 0 Å². The van der Waals surface area contributed by atoms with Gasteiger partial charge in [0.25, 0.3) is 0 Å². The second-order valence-corrected chi connectivity index (χ2v) is 8.99. The van der Waals surface area contributed by atoms with Gasteiger partial charge in [-0.3, -0.25) is 4.31 Å². The number of nitrogens with two attached hydrogens (primary N) is 2. The van der Waals surface area contributed by atoms with Crippen molar-refractivity contribution < 1.29 is 0 Å². The Morgan fingerprint density at radius 2 is 1.86 bits per heavy atom. The molecule has 1 saturated heterocycles. The van der Waals surface area contributed by atoms with E-state index in [1.165, 1.54) is 54.4 Å². The Kier molecular flexibility index (Phi) is 6.47. The third kappa shape index (κ3) is 4.98. The van der Waals surface area contributed by atoms with E-state index in [-0.39, 0.29) is 0 Å². The molecule has 1 fully saturated rings. The van der Waals surface area contributed by atoms with Crippen LogP contribution in [0.4, 0.5) is 0 Å². The predicted octanol–water partition coefficient (Wildman–Crippen LogP) is 4.46. The van der Waals surface area contributed by atoms with Crippen LogP contribution in [0.2, 0.25) is 0 Å². The zero-order chi connectivity index (χ0) is 20.1. The average molecular weight is 407 g/mol. The molecule has 4 rings (SSSR count). The molecule has 0 saturated carbocycles. The monoisotopic (exact) mass is 406 g/mol. The van der Waals surface area contributed by atoms with Gasteiger partial charge in [-0.2, -0.15) is 0 Å². The van der Waals surface area contributed by atoms with Gasteiger partial charge in [-0.15, -0.1) is 0 Å². The summed E-state index contributed by atoms with van der Waals surface area (Å²) < 4.78 is 4.95. The highest BCUT2D eigenvalue weighted by atomic mass is 32.2. The lowest BCUT2D eigenvalue weighted by Gasteiger charge is -2.31. The van der Waals surface area contributed by atoms with E-state index >= 15 is 0 Å². The molecule has 1 aliphatic rings. The third-order valence-corrected chi connectivity index (χ3v) is 6.94. The Labute approximate surface area is 177 Å². The molecular weight excluding hydrogens is 376 g/mol. The van der Waals surface area contributed by atoms with Crippen molar-refractivity contribution in [2.75, 3.05) is 18.8 Å². The smallest absolute Gasteiger partial charge is 0.0545 e. The highest BCUT2D eigenvalue weighted by molar-refractivity contribution is 7.97. The van der Waals surface area contributed by atoms with Gasteiger partial charge in [0.2, 0.25) is 0 Å². The van der Waals surface area contributed by atoms with Crippen molar-refractivity contribution in [3.05, 3.63) is 78.1 Å². The molecule has 0 aliphatic carbocycles. The molecule has 4 nitrogen and oxygen atoms in total. The number of aromatic nitrogens is 1. The molecule has 1 aromatic heterocycles. The van der Waals surface area contributed by atoms with Crippen LogP contribution in [-0.4, -0.2) is 27.7 Å². The lowest BCUT2D eigenvalue weighted by molar-refractivity contribution is 0.269. The van der Waals surface area contributed by atoms with E-state index < -0.39 is 0 Å². The molecule has 0 spiro atoms. The van der Waals surface area contributed by atoms with Crippen LogP contribution in [0.5, 0.6) is 0 Å². The molecule has 0 atom stereocenters. The summed E-state index contributed by atoms with van der Waals surface area (Å²) in [6.07, 6.45) is 7.34. The SMILES string of the molecule is N/C=C(\N)c1ccc2c(ccn2CC2CCN(SCCc3ccccc3)CC2)c1. The molecule has 0 unspecified atom stereocenters. The summed E-state index contributed by atoms with van der Waals surface area (Å²) in [6.45, 7) is 3.46. The van der Waals surface area contributed by atoms with Crippen LogP contribution in [0.3, 0.4) is 0 Å². The van der Waals surface area contributed by atoms with E-state index in [9.17, 15) is 0 Å². The zero-order valence-electron chi connectivity index (χ0n) is 16.8. The van der Waals surface area contributed by atoms with Crippen molar-refractivity contribution in [3.63, 3.8) is 0 Å². The summed E-state index contributed by atoms with van der Waals surface area (Å²) in [5.41, 5.74) is 15.8. The molecule has 5 heteroatoms. The van der Waals surface area contributed by atoms with Crippen LogP contribution < -0.4 is 11.5 Å². The fourth-order valence-electron chi connectivity index (χ4n) is 4.07. The number of rotatable bonds is 7. The van der Waals surface area contributed by atoms with Gasteiger partial charge in [-0.25, -0.2) is 0 Å². The van der Waals surface area contributed by atoms with E-state index in [0.717, 1.165) is 24.4 Å². The fourth-order valence-corrected chi connectivity index (χ4v) is 5.13. The van der Waals surface area contributed by atoms with Crippen molar-refractivity contribution in [3.8, 4) is 0 Å². The molecule has 152 valence electrons. The Morgan fingerprint density at radius 1 is 1.07 bits per heavy atom. The second-order valence-electron chi connectivity index (χ2n) is 7.80. The lowest BCUT2D eigenvalue weighted by atomic mass is 9.98. The van der Waals surface area contributed by atoms with E-state index in [1.807, 2.05) is 11.9 Å². The summed E-state index contributed by atoms with van der Waals surface area (Å²) in [7, 11) is 0. The van der Waals surface area contributed by atoms with Gasteiger partial charge in [0.05, 0.1) is 5.70 Å². The topological polar surface area (TPSA) is 60.2 Å². The fraction of sp³-hybridized carbons (Fsp3) is 0.333. The number of hydrogen-bond acceptors (Lipinski definition) is 4. The van der Waals surface area contributed by atoms with Crippen LogP contribution in [-0.2, 0) is 13.0 Å². The third-order valence-electron chi connectivity index (χ3n) is 5.82. The van der Waals surface area contributed by atoms with Gasteiger partial charge < -0.3 is 16.0 Å². The first-order valence-corrected chi connectivity index (χ1v) is 11.4. The molecule has 2 aromatic carbocycles. The first-order chi connectivity index (χ1) is 14.2. The molecule has 1 aliphatic heterocycles. The number of benzene rings is 2. The summed E-state index contributed by atoms with van der Waals surface area (Å²) in [5, 5.41) is 1.22. The van der Waals surface area contributed by atoms with Crippen molar-refractivity contribution in [1.29, 1.82) is 0 Å². The minimum atomic E-state index is 0.622. The Balaban J connectivity index is 1.27. The summed E-state index contributed by atoms with van der Waals surface area (Å²) in [6, 6.07) is 19.3. The number of nitrogens with zero attached hydrogens (tertiary/aromatic N) is 2. The highest BCUT2D eigenvalue weighted by Gasteiger charge is 2.20. The summed E-state index contributed by atoms with van der Waals surface area (Å²) in [5.74, 6) is 1.91. The van der Waals surface area contributed by atoms with Crippen LogP contribution in [0.15, 0.2) is 67.0 Å². The number of hydrogen-bond donors (Lipinski definition) is 2. The molecule has 29 heavy (non-hydrogen) atoms. The van der Waals surface area contributed by atoms with Crippen LogP contribution in [0, 0.1) is 5.92 Å². The Hall–Kier alpha value is -2.37. The largest absolute Gasteiger partial charge is 0.403 e. The van der Waals surface area contributed by atoms with Crippen molar-refractivity contribution in [2.24, 2.45) is 17.4 Å². The quantitative estimate of drug-likeness (QED) is 0.569. The summed E-state index contributed by atoms with van der Waals surface area (Å²) in [4.78, 5) is 0. The van der Waals surface area contributed by atoms with Crippen LogP contribution >= 0.6 is 11.9 Å².